The van der Waals surface area contributed by atoms with Crippen molar-refractivity contribution in [1.29, 1.82) is 0 Å². The third-order valence-electron chi connectivity index (χ3n) is 3.20. The predicted octanol–water partition coefficient (Wildman–Crippen LogP) is -1.65. The van der Waals surface area contributed by atoms with Crippen molar-refractivity contribution in [3.63, 3.8) is 0 Å². The zero-order valence-corrected chi connectivity index (χ0v) is 25.0. The maximum atomic E-state index is 10.3. The van der Waals surface area contributed by atoms with Gasteiger partial charge in [-0.05, 0) is 33.8 Å². The molecular weight excluding hydrogens is 430 g/mol. The summed E-state index contributed by atoms with van der Waals surface area (Å²) in [6.45, 7) is 9.00. The van der Waals surface area contributed by atoms with Crippen molar-refractivity contribution < 1.29 is 122 Å². The topological polar surface area (TPSA) is 66.4 Å². The molecule has 0 atom stereocenters. The molecule has 0 rings (SSSR count). The van der Waals surface area contributed by atoms with E-state index in [0.717, 1.165) is 28.4 Å². The van der Waals surface area contributed by atoms with Crippen LogP contribution in [-0.2, 0) is 14.3 Å². The van der Waals surface area contributed by atoms with Gasteiger partial charge in [0.05, 0.1) is 5.97 Å². The summed E-state index contributed by atoms with van der Waals surface area (Å²) in [5, 5.41) is 10.3. The number of carbonyl (C=O) groups is 1. The average Bonchev–Trinajstić information content (AvgIpc) is 2.64. The van der Waals surface area contributed by atoms with Gasteiger partial charge >= 0.3 is 103 Å². The molecule has 0 spiro atoms. The number of rotatable bonds is 11. The second-order valence-corrected chi connectivity index (χ2v) is 5.90. The van der Waals surface area contributed by atoms with Crippen LogP contribution in [0.3, 0.4) is 0 Å². The normalized spacial score (nSPS) is 14.0. The van der Waals surface area contributed by atoms with Crippen LogP contribution < -0.4 is 108 Å². The summed E-state index contributed by atoms with van der Waals surface area (Å²) in [7, 11) is 0. The Kier molecular flexibility index (Phi) is 27.1. The van der Waals surface area contributed by atoms with Crippen LogP contribution in [0, 0.1) is 0 Å². The van der Waals surface area contributed by atoms with Crippen molar-refractivity contribution >= 4 is 12.4 Å². The van der Waals surface area contributed by atoms with Crippen LogP contribution in [0.1, 0.15) is 27.7 Å². The van der Waals surface area contributed by atoms with E-state index in [1.807, 2.05) is 88.5 Å². The summed E-state index contributed by atoms with van der Waals surface area (Å²) >= 11 is 0. The SMILES string of the molecule is CC(/C=C/C=C(C)/C=C/O[C-]=O)=C\C=C\C=C(C)\C=C\C=C(C)\C=C\C(=O)[O-].[K+].[K+]. The van der Waals surface area contributed by atoms with Crippen LogP contribution in [0.2, 0.25) is 0 Å². The molecule has 0 unspecified atom stereocenters. The van der Waals surface area contributed by atoms with Gasteiger partial charge in [0.2, 0.25) is 0 Å². The number of ether oxygens (including phenoxy) is 1. The molecule has 6 heteroatoms. The summed E-state index contributed by atoms with van der Waals surface area (Å²) in [4.78, 5) is 20.2. The molecule has 0 fully saturated rings. The van der Waals surface area contributed by atoms with Crippen LogP contribution in [0.4, 0.5) is 0 Å². The molecule has 0 aliphatic heterocycles. The van der Waals surface area contributed by atoms with E-state index < -0.39 is 5.97 Å². The monoisotopic (exact) mass is 456 g/mol. The minimum absolute atomic E-state index is 0. The number of carboxylic acids is 1. The smallest absolute Gasteiger partial charge is 0.616 e. The van der Waals surface area contributed by atoms with Gasteiger partial charge in [0, 0.05) is 0 Å². The van der Waals surface area contributed by atoms with E-state index in [1.54, 1.807) is 6.08 Å². The summed E-state index contributed by atoms with van der Waals surface area (Å²) in [5.41, 5.74) is 3.91. The average molecular weight is 457 g/mol. The third-order valence-corrected chi connectivity index (χ3v) is 3.20. The molecular formula is C24H26K2O4. The van der Waals surface area contributed by atoms with Crippen LogP contribution in [-0.4, -0.2) is 12.4 Å². The second kappa shape index (κ2) is 23.5. The summed E-state index contributed by atoms with van der Waals surface area (Å²) in [6, 6.07) is 0. The van der Waals surface area contributed by atoms with Gasteiger partial charge in [0.25, 0.3) is 0 Å². The van der Waals surface area contributed by atoms with Crippen molar-refractivity contribution in [2.75, 3.05) is 0 Å². The fraction of sp³-hybridized carbons (Fsp3) is 0.167. The summed E-state index contributed by atoms with van der Waals surface area (Å²) < 4.78 is 4.36. The Balaban J connectivity index is -0.00000364. The molecule has 148 valence electrons. The molecule has 0 aliphatic rings. The van der Waals surface area contributed by atoms with Gasteiger partial charge in [-0.25, -0.2) is 0 Å². The number of allylic oxidation sites excluding steroid dienone is 16. The number of hydrogen-bond donors (Lipinski definition) is 0. The zero-order chi connectivity index (χ0) is 21.2. The van der Waals surface area contributed by atoms with Crippen molar-refractivity contribution in [3.8, 4) is 0 Å². The van der Waals surface area contributed by atoms with Crippen molar-refractivity contribution in [3.05, 3.63) is 108 Å². The van der Waals surface area contributed by atoms with E-state index in [-0.39, 0.29) is 103 Å². The first kappa shape index (κ1) is 34.5. The van der Waals surface area contributed by atoms with Crippen LogP contribution >= 0.6 is 0 Å². The largest absolute Gasteiger partial charge is 1.00 e. The maximum absolute atomic E-state index is 10.3. The van der Waals surface area contributed by atoms with E-state index in [0.29, 0.717) is 0 Å². The summed E-state index contributed by atoms with van der Waals surface area (Å²) in [5.74, 6) is -1.21. The van der Waals surface area contributed by atoms with Gasteiger partial charge in [-0.3, -0.25) is 0 Å². The Morgan fingerprint density at radius 3 is 1.50 bits per heavy atom. The van der Waals surface area contributed by atoms with E-state index >= 15 is 0 Å². The quantitative estimate of drug-likeness (QED) is 0.123. The standard InChI is InChI=1S/C24H27O4.2K/c1-20(11-7-13-22(3)15-16-24(26)27)9-5-6-10-21(2)12-8-14-23(4)17-18-28-19-25;;/h5-18H,1-4H3,(H,26,27);;/q-1;2*+1/p-1/b6-5+,11-7+,12-8+,16-15+,18-17+,20-9+,21-10+,22-13+,23-14+;;. The molecule has 0 heterocycles. The number of carboxylic acid groups (broad SMARTS) is 1. The predicted molar refractivity (Wildman–Crippen MR) is 113 cm³/mol. The van der Waals surface area contributed by atoms with Crippen molar-refractivity contribution in [2.24, 2.45) is 0 Å². The Hall–Kier alpha value is -0.127. The molecule has 30 heavy (non-hydrogen) atoms. The second-order valence-electron chi connectivity index (χ2n) is 5.90. The van der Waals surface area contributed by atoms with Gasteiger partial charge in [0.15, 0.2) is 6.47 Å². The fourth-order valence-corrected chi connectivity index (χ4v) is 1.71. The minimum Gasteiger partial charge on any atom is -0.616 e. The molecule has 0 aliphatic carbocycles. The van der Waals surface area contributed by atoms with Gasteiger partial charge in [-0.1, -0.05) is 95.4 Å². The van der Waals surface area contributed by atoms with Crippen molar-refractivity contribution in [1.82, 2.24) is 0 Å². The molecule has 0 saturated carbocycles. The fourth-order valence-electron chi connectivity index (χ4n) is 1.71. The molecule has 0 aromatic rings. The van der Waals surface area contributed by atoms with Gasteiger partial charge in [-0.15, -0.1) is 6.08 Å². The van der Waals surface area contributed by atoms with E-state index in [1.165, 1.54) is 18.8 Å². The zero-order valence-electron chi connectivity index (χ0n) is 18.7. The van der Waals surface area contributed by atoms with Gasteiger partial charge < -0.3 is 19.4 Å². The first-order valence-electron chi connectivity index (χ1n) is 8.65. The van der Waals surface area contributed by atoms with Crippen LogP contribution in [0.25, 0.3) is 0 Å². The molecule has 0 aromatic heterocycles. The Morgan fingerprint density at radius 1 is 0.667 bits per heavy atom. The Morgan fingerprint density at radius 2 is 1.07 bits per heavy atom. The van der Waals surface area contributed by atoms with Crippen LogP contribution in [0.15, 0.2) is 108 Å². The van der Waals surface area contributed by atoms with E-state index in [4.69, 9.17) is 0 Å². The molecule has 0 amide bonds. The van der Waals surface area contributed by atoms with Crippen molar-refractivity contribution in [2.45, 2.75) is 27.7 Å². The van der Waals surface area contributed by atoms with Gasteiger partial charge in [-0.2, -0.15) is 0 Å². The number of aliphatic carboxylic acids is 1. The summed E-state index contributed by atoms with van der Waals surface area (Å²) in [6.07, 6.45) is 24.7. The third kappa shape index (κ3) is 24.1. The Bertz CT molecular complexity index is 790. The first-order valence-corrected chi connectivity index (χ1v) is 8.65. The molecule has 0 saturated heterocycles. The van der Waals surface area contributed by atoms with Crippen LogP contribution in [0.5, 0.6) is 0 Å². The van der Waals surface area contributed by atoms with E-state index in [9.17, 15) is 14.7 Å². The molecule has 4 nitrogen and oxygen atoms in total. The van der Waals surface area contributed by atoms with Gasteiger partial charge in [0.1, 0.15) is 0 Å². The number of hydrogen-bond acceptors (Lipinski definition) is 4. The van der Waals surface area contributed by atoms with E-state index in [2.05, 4.69) is 4.74 Å². The maximum Gasteiger partial charge on any atom is 1.00 e. The number of carbonyl (C=O) groups excluding carboxylic acids is 2. The molecule has 0 bridgehead atoms. The Labute approximate surface area is 265 Å². The minimum atomic E-state index is -1.21. The molecule has 0 radical (unpaired) electrons. The molecule has 0 N–H and O–H groups in total. The first-order chi connectivity index (χ1) is 13.3. The molecule has 0 aromatic carbocycles.